The molecule has 0 radical (unpaired) electrons. The van der Waals surface area contributed by atoms with E-state index in [2.05, 4.69) is 0 Å². The van der Waals surface area contributed by atoms with Gasteiger partial charge in [-0.25, -0.2) is 8.42 Å². The number of rotatable bonds is 7. The molecule has 1 fully saturated rings. The average molecular weight is 417 g/mol. The van der Waals surface area contributed by atoms with E-state index >= 15 is 0 Å². The van der Waals surface area contributed by atoms with E-state index in [1.807, 2.05) is 17.5 Å². The molecule has 1 aromatic heterocycles. The first kappa shape index (κ1) is 19.2. The number of ether oxygens (including phenoxy) is 1. The van der Waals surface area contributed by atoms with E-state index in [0.717, 1.165) is 23.8 Å². The molecule has 0 spiro atoms. The van der Waals surface area contributed by atoms with Crippen molar-refractivity contribution >= 4 is 38.6 Å². The molecular weight excluding hydrogens is 400 g/mol. The minimum Gasteiger partial charge on any atom is -0.377 e. The highest BCUT2D eigenvalue weighted by Crippen LogP contribution is 2.30. The highest BCUT2D eigenvalue weighted by atomic mass is 35.5. The molecule has 2 heterocycles. The number of nitrogens with zero attached hydrogens (tertiary/aromatic N) is 2. The maximum absolute atomic E-state index is 13.1. The van der Waals surface area contributed by atoms with E-state index in [4.69, 9.17) is 16.3 Å². The van der Waals surface area contributed by atoms with E-state index in [1.165, 1.54) is 27.8 Å². The van der Waals surface area contributed by atoms with Crippen LogP contribution in [0.15, 0.2) is 40.6 Å². The van der Waals surface area contributed by atoms with Crippen LogP contribution < -0.4 is 0 Å². The average Bonchev–Trinajstić information content (AvgIpc) is 3.28. The van der Waals surface area contributed by atoms with Crippen LogP contribution in [0.2, 0.25) is 5.02 Å². The smallest absolute Gasteiger partial charge is 0.289 e. The van der Waals surface area contributed by atoms with Crippen LogP contribution in [0.3, 0.4) is 0 Å². The Hall–Kier alpha value is -1.52. The van der Waals surface area contributed by atoms with Crippen molar-refractivity contribution in [2.24, 2.45) is 0 Å². The molecule has 0 amide bonds. The first-order valence-corrected chi connectivity index (χ1v) is 10.7. The number of nitro benzene ring substituents is 1. The van der Waals surface area contributed by atoms with Gasteiger partial charge in [-0.15, -0.1) is 11.3 Å². The fourth-order valence-electron chi connectivity index (χ4n) is 2.78. The van der Waals surface area contributed by atoms with Gasteiger partial charge in [0.1, 0.15) is 5.02 Å². The predicted octanol–water partition coefficient (Wildman–Crippen LogP) is 3.68. The van der Waals surface area contributed by atoms with E-state index in [9.17, 15) is 18.5 Å². The number of hydrogen-bond donors (Lipinski definition) is 0. The maximum Gasteiger partial charge on any atom is 0.289 e. The van der Waals surface area contributed by atoms with Crippen molar-refractivity contribution in [3.05, 3.63) is 55.7 Å². The van der Waals surface area contributed by atoms with Crippen molar-refractivity contribution in [1.29, 1.82) is 0 Å². The summed E-state index contributed by atoms with van der Waals surface area (Å²) < 4.78 is 33.2. The summed E-state index contributed by atoms with van der Waals surface area (Å²) in [4.78, 5) is 11.1. The van der Waals surface area contributed by atoms with E-state index in [0.29, 0.717) is 6.61 Å². The van der Waals surface area contributed by atoms with Gasteiger partial charge in [0, 0.05) is 30.6 Å². The van der Waals surface area contributed by atoms with E-state index in [-0.39, 0.29) is 29.1 Å². The molecule has 0 unspecified atom stereocenters. The maximum atomic E-state index is 13.1. The second-order valence-corrected chi connectivity index (χ2v) is 9.26. The third-order valence-electron chi connectivity index (χ3n) is 4.10. The Kier molecular flexibility index (Phi) is 5.93. The lowest BCUT2D eigenvalue weighted by Gasteiger charge is -2.24. The van der Waals surface area contributed by atoms with Crippen LogP contribution in [0.1, 0.15) is 17.7 Å². The largest absolute Gasteiger partial charge is 0.377 e. The van der Waals surface area contributed by atoms with Gasteiger partial charge in [0.15, 0.2) is 0 Å². The minimum atomic E-state index is -3.94. The Labute approximate surface area is 160 Å². The third-order valence-corrected chi connectivity index (χ3v) is 7.08. The molecule has 1 saturated heterocycles. The van der Waals surface area contributed by atoms with Gasteiger partial charge in [-0.2, -0.15) is 4.31 Å². The Bertz CT molecular complexity index is 880. The minimum absolute atomic E-state index is 0.0992. The second kappa shape index (κ2) is 8.01. The standard InChI is InChI=1S/C16H17ClN2O5S2/c17-15-6-5-14(9-16(15)19(20)21)26(22,23)18(10-12-3-1-7-24-12)11-13-4-2-8-25-13/h2,4-6,8-9,12H,1,3,7,10-11H2/t12-/m1/s1. The van der Waals surface area contributed by atoms with Crippen molar-refractivity contribution in [3.8, 4) is 0 Å². The van der Waals surface area contributed by atoms with Gasteiger partial charge in [-0.05, 0) is 36.4 Å². The second-order valence-electron chi connectivity index (χ2n) is 5.88. The Balaban J connectivity index is 1.94. The lowest BCUT2D eigenvalue weighted by molar-refractivity contribution is -0.384. The van der Waals surface area contributed by atoms with Gasteiger partial charge in [0.25, 0.3) is 5.69 Å². The molecule has 1 aliphatic rings. The summed E-state index contributed by atoms with van der Waals surface area (Å²) in [5.41, 5.74) is -0.430. The normalized spacial score (nSPS) is 17.7. The monoisotopic (exact) mass is 416 g/mol. The number of benzene rings is 1. The quantitative estimate of drug-likeness (QED) is 0.507. The summed E-state index contributed by atoms with van der Waals surface area (Å²) in [5, 5.41) is 12.9. The number of halogens is 1. The predicted molar refractivity (Wildman–Crippen MR) is 99.0 cm³/mol. The van der Waals surface area contributed by atoms with Crippen LogP contribution >= 0.6 is 22.9 Å². The number of nitro groups is 1. The summed E-state index contributed by atoms with van der Waals surface area (Å²) in [7, 11) is -3.94. The lowest BCUT2D eigenvalue weighted by Crippen LogP contribution is -2.36. The molecule has 140 valence electrons. The third kappa shape index (κ3) is 4.24. The summed E-state index contributed by atoms with van der Waals surface area (Å²) in [6, 6.07) is 7.25. The molecular formula is C16H17ClN2O5S2. The molecule has 7 nitrogen and oxygen atoms in total. The Morgan fingerprint density at radius 2 is 2.19 bits per heavy atom. The van der Waals surface area contributed by atoms with Gasteiger partial charge >= 0.3 is 0 Å². The van der Waals surface area contributed by atoms with Crippen LogP contribution in [-0.4, -0.2) is 36.9 Å². The van der Waals surface area contributed by atoms with Crippen LogP contribution in [0.5, 0.6) is 0 Å². The number of hydrogen-bond acceptors (Lipinski definition) is 6. The molecule has 3 rings (SSSR count). The van der Waals surface area contributed by atoms with Crippen molar-refractivity contribution in [1.82, 2.24) is 4.31 Å². The highest BCUT2D eigenvalue weighted by Gasteiger charge is 2.31. The zero-order chi connectivity index (χ0) is 18.7. The molecule has 0 bridgehead atoms. The van der Waals surface area contributed by atoms with E-state index in [1.54, 1.807) is 0 Å². The van der Waals surface area contributed by atoms with Gasteiger partial charge in [-0.1, -0.05) is 17.7 Å². The zero-order valence-corrected chi connectivity index (χ0v) is 16.1. The van der Waals surface area contributed by atoms with Crippen LogP contribution in [-0.2, 0) is 21.3 Å². The fourth-order valence-corrected chi connectivity index (χ4v) is 5.24. The highest BCUT2D eigenvalue weighted by molar-refractivity contribution is 7.89. The lowest BCUT2D eigenvalue weighted by atomic mass is 10.2. The zero-order valence-electron chi connectivity index (χ0n) is 13.7. The van der Waals surface area contributed by atoms with Gasteiger partial charge in [0.05, 0.1) is 15.9 Å². The number of thiophene rings is 1. The summed E-state index contributed by atoms with van der Waals surface area (Å²) in [5.74, 6) is 0. The summed E-state index contributed by atoms with van der Waals surface area (Å²) in [6.45, 7) is 1.01. The van der Waals surface area contributed by atoms with Crippen molar-refractivity contribution < 1.29 is 18.1 Å². The summed E-state index contributed by atoms with van der Waals surface area (Å²) in [6.07, 6.45) is 1.51. The molecule has 0 saturated carbocycles. The molecule has 10 heteroatoms. The molecule has 1 atom stereocenters. The molecule has 1 aliphatic heterocycles. The Morgan fingerprint density at radius 1 is 1.38 bits per heavy atom. The summed E-state index contributed by atoms with van der Waals surface area (Å²) >= 11 is 7.26. The fraction of sp³-hybridized carbons (Fsp3) is 0.375. The Morgan fingerprint density at radius 3 is 2.81 bits per heavy atom. The topological polar surface area (TPSA) is 89.8 Å². The molecule has 1 aromatic carbocycles. The molecule has 0 N–H and O–H groups in total. The SMILES string of the molecule is O=[N+]([O-])c1cc(S(=O)(=O)N(Cc2cccs2)C[C@H]2CCCO2)ccc1Cl. The molecule has 0 aliphatic carbocycles. The van der Waals surface area contributed by atoms with Crippen LogP contribution in [0.25, 0.3) is 0 Å². The number of sulfonamides is 1. The van der Waals surface area contributed by atoms with Crippen molar-refractivity contribution in [2.45, 2.75) is 30.4 Å². The molecule has 26 heavy (non-hydrogen) atoms. The molecule has 2 aromatic rings. The van der Waals surface area contributed by atoms with Gasteiger partial charge in [-0.3, -0.25) is 10.1 Å². The first-order chi connectivity index (χ1) is 12.4. The van der Waals surface area contributed by atoms with Crippen molar-refractivity contribution in [3.63, 3.8) is 0 Å². The van der Waals surface area contributed by atoms with Gasteiger partial charge < -0.3 is 4.74 Å². The van der Waals surface area contributed by atoms with Gasteiger partial charge in [0.2, 0.25) is 10.0 Å². The van der Waals surface area contributed by atoms with Crippen LogP contribution in [0.4, 0.5) is 5.69 Å². The van der Waals surface area contributed by atoms with Crippen molar-refractivity contribution in [2.75, 3.05) is 13.2 Å². The van der Waals surface area contributed by atoms with Crippen LogP contribution in [0, 0.1) is 10.1 Å². The van der Waals surface area contributed by atoms with E-state index < -0.39 is 20.6 Å². The first-order valence-electron chi connectivity index (χ1n) is 7.96.